The van der Waals surface area contributed by atoms with E-state index in [0.717, 1.165) is 44.3 Å². The van der Waals surface area contributed by atoms with Crippen molar-refractivity contribution in [1.29, 1.82) is 0 Å². The van der Waals surface area contributed by atoms with Crippen LogP contribution in [0.4, 0.5) is 0 Å². The van der Waals surface area contributed by atoms with Crippen molar-refractivity contribution in [2.75, 3.05) is 6.54 Å². The molecule has 142 valence electrons. The number of carbonyl (C=O) groups is 2. The second-order valence-electron chi connectivity index (χ2n) is 7.54. The summed E-state index contributed by atoms with van der Waals surface area (Å²) in [5.41, 5.74) is 1.95. The van der Waals surface area contributed by atoms with Crippen molar-refractivity contribution in [3.8, 4) is 0 Å². The maximum atomic E-state index is 13.0. The number of nitrogens with one attached hydrogen (secondary N) is 2. The first-order valence-electron chi connectivity index (χ1n) is 9.94. The lowest BCUT2D eigenvalue weighted by molar-refractivity contribution is 0.0606. The summed E-state index contributed by atoms with van der Waals surface area (Å²) in [5.74, 6) is -0.0898. The fourth-order valence-corrected chi connectivity index (χ4v) is 4.20. The van der Waals surface area contributed by atoms with Gasteiger partial charge in [0.25, 0.3) is 11.8 Å². The number of benzene rings is 1. The lowest BCUT2D eigenvalue weighted by Gasteiger charge is -2.35. The minimum atomic E-state index is -0.124. The van der Waals surface area contributed by atoms with Crippen LogP contribution >= 0.6 is 0 Å². The first kappa shape index (κ1) is 17.8. The van der Waals surface area contributed by atoms with E-state index >= 15 is 0 Å². The van der Waals surface area contributed by atoms with Gasteiger partial charge < -0.3 is 10.2 Å². The number of hydrogen-bond acceptors (Lipinski definition) is 3. The Labute approximate surface area is 159 Å². The fraction of sp³-hybridized carbons (Fsp3) is 0.476. The van der Waals surface area contributed by atoms with Crippen molar-refractivity contribution >= 4 is 11.8 Å². The van der Waals surface area contributed by atoms with Crippen LogP contribution in [0.5, 0.6) is 0 Å². The molecule has 2 amide bonds. The Kier molecular flexibility index (Phi) is 5.23. The molecular formula is C21H26N4O2. The molecular weight excluding hydrogens is 340 g/mol. The van der Waals surface area contributed by atoms with Gasteiger partial charge in [0.05, 0.1) is 11.7 Å². The highest BCUT2D eigenvalue weighted by Gasteiger charge is 2.30. The molecule has 0 unspecified atom stereocenters. The molecule has 1 aromatic heterocycles. The van der Waals surface area contributed by atoms with Gasteiger partial charge in [-0.25, -0.2) is 0 Å². The molecule has 2 aromatic rings. The second kappa shape index (κ2) is 7.94. The predicted molar refractivity (Wildman–Crippen MR) is 102 cm³/mol. The summed E-state index contributed by atoms with van der Waals surface area (Å²) in [4.78, 5) is 27.3. The summed E-state index contributed by atoms with van der Waals surface area (Å²) in [6.07, 6.45) is 7.38. The van der Waals surface area contributed by atoms with Gasteiger partial charge in [-0.2, -0.15) is 5.10 Å². The van der Waals surface area contributed by atoms with Crippen molar-refractivity contribution in [2.45, 2.75) is 57.0 Å². The van der Waals surface area contributed by atoms with Gasteiger partial charge in [0.15, 0.2) is 0 Å². The van der Waals surface area contributed by atoms with E-state index in [1.807, 2.05) is 41.3 Å². The van der Waals surface area contributed by atoms with E-state index in [-0.39, 0.29) is 23.9 Å². The molecule has 1 aliphatic heterocycles. The molecule has 1 saturated carbocycles. The zero-order valence-electron chi connectivity index (χ0n) is 15.5. The van der Waals surface area contributed by atoms with Crippen LogP contribution in [-0.2, 0) is 0 Å². The largest absolute Gasteiger partial charge is 0.348 e. The van der Waals surface area contributed by atoms with E-state index in [1.54, 1.807) is 0 Å². The van der Waals surface area contributed by atoms with Crippen molar-refractivity contribution in [3.05, 3.63) is 53.3 Å². The quantitative estimate of drug-likeness (QED) is 0.870. The highest BCUT2D eigenvalue weighted by atomic mass is 16.2. The van der Waals surface area contributed by atoms with Crippen LogP contribution < -0.4 is 5.32 Å². The summed E-state index contributed by atoms with van der Waals surface area (Å²) in [7, 11) is 0. The van der Waals surface area contributed by atoms with Crippen molar-refractivity contribution in [1.82, 2.24) is 20.4 Å². The maximum Gasteiger partial charge on any atom is 0.271 e. The summed E-state index contributed by atoms with van der Waals surface area (Å²) in [6.45, 7) is 0.723. The Morgan fingerprint density at radius 1 is 1.04 bits per heavy atom. The zero-order valence-corrected chi connectivity index (χ0v) is 15.5. The first-order valence-corrected chi connectivity index (χ1v) is 9.94. The third-order valence-corrected chi connectivity index (χ3v) is 5.66. The molecule has 1 aromatic carbocycles. The van der Waals surface area contributed by atoms with Gasteiger partial charge >= 0.3 is 0 Å². The molecule has 1 saturated heterocycles. The Morgan fingerprint density at radius 2 is 1.78 bits per heavy atom. The topological polar surface area (TPSA) is 78.1 Å². The number of amides is 2. The molecule has 0 spiro atoms. The van der Waals surface area contributed by atoms with Crippen LogP contribution in [0.25, 0.3) is 0 Å². The van der Waals surface area contributed by atoms with Crippen molar-refractivity contribution in [3.63, 3.8) is 0 Å². The number of aromatic nitrogens is 2. The molecule has 2 N–H and O–H groups in total. The van der Waals surface area contributed by atoms with Gasteiger partial charge in [-0.15, -0.1) is 0 Å². The van der Waals surface area contributed by atoms with Crippen LogP contribution in [0.15, 0.2) is 36.4 Å². The summed E-state index contributed by atoms with van der Waals surface area (Å²) in [6, 6.07) is 11.4. The first-order chi connectivity index (χ1) is 13.2. The van der Waals surface area contributed by atoms with Gasteiger partial charge in [0, 0.05) is 18.2 Å². The van der Waals surface area contributed by atoms with Crippen LogP contribution in [0.2, 0.25) is 0 Å². The molecule has 2 heterocycles. The lowest BCUT2D eigenvalue weighted by Crippen LogP contribution is -2.38. The number of hydrogen-bond donors (Lipinski definition) is 2. The highest BCUT2D eigenvalue weighted by Crippen LogP contribution is 2.31. The van der Waals surface area contributed by atoms with E-state index in [0.29, 0.717) is 11.3 Å². The monoisotopic (exact) mass is 366 g/mol. The van der Waals surface area contributed by atoms with E-state index in [4.69, 9.17) is 0 Å². The number of piperidine rings is 1. The number of likely N-dealkylation sites (tertiary alicyclic amines) is 1. The molecule has 0 radical (unpaired) electrons. The lowest BCUT2D eigenvalue weighted by atomic mass is 9.98. The molecule has 2 aliphatic rings. The zero-order chi connectivity index (χ0) is 18.6. The Bertz CT molecular complexity index is 796. The number of aromatic amines is 1. The average Bonchev–Trinajstić information content (AvgIpc) is 3.40. The summed E-state index contributed by atoms with van der Waals surface area (Å²) in [5, 5.41) is 10.3. The minimum Gasteiger partial charge on any atom is -0.348 e. The molecule has 1 atom stereocenters. The maximum absolute atomic E-state index is 13.0. The van der Waals surface area contributed by atoms with Crippen LogP contribution in [0, 0.1) is 0 Å². The highest BCUT2D eigenvalue weighted by molar-refractivity contribution is 5.95. The molecule has 6 heteroatoms. The normalized spacial score (nSPS) is 20.6. The molecule has 1 aliphatic carbocycles. The van der Waals surface area contributed by atoms with Crippen LogP contribution in [0.3, 0.4) is 0 Å². The van der Waals surface area contributed by atoms with Gasteiger partial charge in [-0.05, 0) is 50.3 Å². The molecule has 2 fully saturated rings. The van der Waals surface area contributed by atoms with Gasteiger partial charge in [0.1, 0.15) is 5.69 Å². The SMILES string of the molecule is O=C(NC1CCCC1)c1cc([C@H]2CCCCN2C(=O)c2ccccc2)[nH]n1. The average molecular weight is 366 g/mol. The summed E-state index contributed by atoms with van der Waals surface area (Å²) >= 11 is 0. The smallest absolute Gasteiger partial charge is 0.271 e. The Hall–Kier alpha value is -2.63. The molecule has 27 heavy (non-hydrogen) atoms. The number of rotatable bonds is 4. The second-order valence-corrected chi connectivity index (χ2v) is 7.54. The van der Waals surface area contributed by atoms with Crippen LogP contribution in [0.1, 0.15) is 77.5 Å². The van der Waals surface area contributed by atoms with Crippen molar-refractivity contribution in [2.24, 2.45) is 0 Å². The number of nitrogens with zero attached hydrogens (tertiary/aromatic N) is 2. The van der Waals surface area contributed by atoms with E-state index < -0.39 is 0 Å². The third-order valence-electron chi connectivity index (χ3n) is 5.66. The van der Waals surface area contributed by atoms with Gasteiger partial charge in [-0.3, -0.25) is 14.7 Å². The molecule has 0 bridgehead atoms. The van der Waals surface area contributed by atoms with E-state index in [9.17, 15) is 9.59 Å². The third kappa shape index (κ3) is 3.89. The van der Waals surface area contributed by atoms with E-state index in [1.165, 1.54) is 12.8 Å². The van der Waals surface area contributed by atoms with Crippen molar-refractivity contribution < 1.29 is 9.59 Å². The van der Waals surface area contributed by atoms with Gasteiger partial charge in [-0.1, -0.05) is 31.0 Å². The number of H-pyrrole nitrogens is 1. The summed E-state index contributed by atoms with van der Waals surface area (Å²) < 4.78 is 0. The standard InChI is InChI=1S/C21H26N4O2/c26-20(22-16-10-4-5-11-16)18-14-17(23-24-18)19-12-6-7-13-25(19)21(27)15-8-2-1-3-9-15/h1-3,8-9,14,16,19H,4-7,10-13H2,(H,22,26)(H,23,24)/t19-/m1/s1. The Morgan fingerprint density at radius 3 is 2.56 bits per heavy atom. The number of carbonyl (C=O) groups excluding carboxylic acids is 2. The minimum absolute atomic E-state index is 0.0341. The molecule has 4 rings (SSSR count). The van der Waals surface area contributed by atoms with Crippen LogP contribution in [-0.4, -0.2) is 39.5 Å². The van der Waals surface area contributed by atoms with E-state index in [2.05, 4.69) is 15.5 Å². The van der Waals surface area contributed by atoms with Gasteiger partial charge in [0.2, 0.25) is 0 Å². The molecule has 6 nitrogen and oxygen atoms in total. The fourth-order valence-electron chi connectivity index (χ4n) is 4.20. The predicted octanol–water partition coefficient (Wildman–Crippen LogP) is 3.45. The Balaban J connectivity index is 1.50.